The minimum atomic E-state index is -3.48. The Morgan fingerprint density at radius 3 is 2.78 bits per heavy atom. The first-order chi connectivity index (χ1) is 8.57. The van der Waals surface area contributed by atoms with Gasteiger partial charge in [-0.15, -0.1) is 0 Å². The lowest BCUT2D eigenvalue weighted by molar-refractivity contribution is 0.431. The Bertz CT molecular complexity index is 679. The van der Waals surface area contributed by atoms with Gasteiger partial charge in [0.15, 0.2) is 0 Å². The summed E-state index contributed by atoms with van der Waals surface area (Å²) in [5.41, 5.74) is 8.30. The number of nitrogen functional groups attached to an aromatic ring is 1. The molecule has 0 aliphatic carbocycles. The van der Waals surface area contributed by atoms with Crippen molar-refractivity contribution >= 4 is 15.7 Å². The van der Waals surface area contributed by atoms with Crippen LogP contribution >= 0.6 is 0 Å². The predicted octanol–water partition coefficient (Wildman–Crippen LogP) is 0.696. The molecule has 0 spiro atoms. The molecule has 0 atom stereocenters. The molecule has 1 aliphatic heterocycles. The van der Waals surface area contributed by atoms with Crippen LogP contribution in [0.4, 0.5) is 5.69 Å². The predicted molar refractivity (Wildman–Crippen MR) is 65.9 cm³/mol. The highest BCUT2D eigenvalue weighted by Gasteiger charge is 2.31. The van der Waals surface area contributed by atoms with Gasteiger partial charge in [-0.2, -0.15) is 9.40 Å². The van der Waals surface area contributed by atoms with Gasteiger partial charge in [0.1, 0.15) is 4.90 Å². The lowest BCUT2D eigenvalue weighted by Gasteiger charge is -2.13. The smallest absolute Gasteiger partial charge is 0.246 e. The van der Waals surface area contributed by atoms with Crippen LogP contribution in [-0.2, 0) is 23.1 Å². The number of anilines is 1. The molecule has 0 radical (unpaired) electrons. The van der Waals surface area contributed by atoms with E-state index in [9.17, 15) is 8.42 Å². The molecule has 2 heterocycles. The van der Waals surface area contributed by atoms with E-state index in [-0.39, 0.29) is 4.90 Å². The first-order valence-electron chi connectivity index (χ1n) is 5.43. The van der Waals surface area contributed by atoms with Crippen molar-refractivity contribution < 1.29 is 8.42 Å². The molecule has 0 saturated carbocycles. The summed E-state index contributed by atoms with van der Waals surface area (Å²) in [5.74, 6) is 0. The van der Waals surface area contributed by atoms with Crippen LogP contribution in [0.15, 0.2) is 35.5 Å². The van der Waals surface area contributed by atoms with E-state index in [4.69, 9.17) is 5.73 Å². The number of aromatic amines is 1. The SMILES string of the molecule is Nc1ccc2c(c1)CN(S(=O)(=O)c1cn[nH]c1)C2. The number of benzene rings is 1. The molecule has 2 aromatic rings. The van der Waals surface area contributed by atoms with Crippen molar-refractivity contribution in [1.29, 1.82) is 0 Å². The van der Waals surface area contributed by atoms with Crippen LogP contribution in [0.2, 0.25) is 0 Å². The van der Waals surface area contributed by atoms with Crippen molar-refractivity contribution in [2.24, 2.45) is 0 Å². The molecule has 3 rings (SSSR count). The van der Waals surface area contributed by atoms with E-state index in [1.54, 1.807) is 6.07 Å². The van der Waals surface area contributed by atoms with E-state index in [0.29, 0.717) is 18.8 Å². The molecular formula is C11H12N4O2S. The van der Waals surface area contributed by atoms with Gasteiger partial charge >= 0.3 is 0 Å². The van der Waals surface area contributed by atoms with Crippen molar-refractivity contribution in [3.63, 3.8) is 0 Å². The van der Waals surface area contributed by atoms with Crippen molar-refractivity contribution in [1.82, 2.24) is 14.5 Å². The number of fused-ring (bicyclic) bond motifs is 1. The summed E-state index contributed by atoms with van der Waals surface area (Å²) < 4.78 is 26.0. The average molecular weight is 264 g/mol. The monoisotopic (exact) mass is 264 g/mol. The lowest BCUT2D eigenvalue weighted by atomic mass is 10.1. The second kappa shape index (κ2) is 3.82. The first kappa shape index (κ1) is 11.2. The Morgan fingerprint density at radius 1 is 1.28 bits per heavy atom. The fraction of sp³-hybridized carbons (Fsp3) is 0.182. The summed E-state index contributed by atoms with van der Waals surface area (Å²) in [4.78, 5) is 0.184. The van der Waals surface area contributed by atoms with E-state index in [1.165, 1.54) is 16.7 Å². The maximum atomic E-state index is 12.3. The van der Waals surface area contributed by atoms with Gasteiger partial charge in [0.05, 0.1) is 6.20 Å². The second-order valence-electron chi connectivity index (χ2n) is 4.24. The second-order valence-corrected chi connectivity index (χ2v) is 6.17. The Kier molecular flexibility index (Phi) is 2.39. The van der Waals surface area contributed by atoms with Crippen LogP contribution in [-0.4, -0.2) is 22.9 Å². The number of nitrogens with zero attached hydrogens (tertiary/aromatic N) is 2. The van der Waals surface area contributed by atoms with Gasteiger partial charge in [-0.05, 0) is 23.3 Å². The van der Waals surface area contributed by atoms with E-state index in [0.717, 1.165) is 11.1 Å². The molecule has 0 unspecified atom stereocenters. The van der Waals surface area contributed by atoms with E-state index in [1.807, 2.05) is 12.1 Å². The zero-order valence-electron chi connectivity index (χ0n) is 9.50. The molecule has 1 aromatic carbocycles. The molecule has 7 heteroatoms. The van der Waals surface area contributed by atoms with Gasteiger partial charge in [0.25, 0.3) is 0 Å². The van der Waals surface area contributed by atoms with Crippen LogP contribution in [0, 0.1) is 0 Å². The zero-order valence-corrected chi connectivity index (χ0v) is 10.3. The molecule has 1 aliphatic rings. The highest BCUT2D eigenvalue weighted by molar-refractivity contribution is 7.89. The van der Waals surface area contributed by atoms with Gasteiger partial charge in [0, 0.05) is 25.0 Å². The minimum absolute atomic E-state index is 0.184. The third kappa shape index (κ3) is 1.68. The highest BCUT2D eigenvalue weighted by atomic mass is 32.2. The van der Waals surface area contributed by atoms with E-state index < -0.39 is 10.0 Å². The fourth-order valence-corrected chi connectivity index (χ4v) is 3.39. The zero-order chi connectivity index (χ0) is 12.8. The maximum Gasteiger partial charge on any atom is 0.246 e. The summed E-state index contributed by atoms with van der Waals surface area (Å²) in [5, 5.41) is 6.19. The Balaban J connectivity index is 1.95. The molecule has 94 valence electrons. The number of hydrogen-bond acceptors (Lipinski definition) is 4. The molecule has 6 nitrogen and oxygen atoms in total. The Hall–Kier alpha value is -1.86. The molecule has 0 saturated heterocycles. The number of aromatic nitrogens is 2. The molecule has 3 N–H and O–H groups in total. The van der Waals surface area contributed by atoms with E-state index >= 15 is 0 Å². The Morgan fingerprint density at radius 2 is 2.06 bits per heavy atom. The van der Waals surface area contributed by atoms with Crippen molar-refractivity contribution in [2.45, 2.75) is 18.0 Å². The number of H-pyrrole nitrogens is 1. The standard InChI is InChI=1S/C11H12N4O2S/c12-10-2-1-8-6-15(7-9(8)3-10)18(16,17)11-4-13-14-5-11/h1-5H,6-7,12H2,(H,13,14). The topological polar surface area (TPSA) is 92.1 Å². The normalized spacial score (nSPS) is 15.8. The van der Waals surface area contributed by atoms with Crippen LogP contribution in [0.5, 0.6) is 0 Å². The van der Waals surface area contributed by atoms with Crippen LogP contribution in [0.1, 0.15) is 11.1 Å². The average Bonchev–Trinajstić information content (AvgIpc) is 2.97. The van der Waals surface area contributed by atoms with Gasteiger partial charge in [-0.25, -0.2) is 8.42 Å². The Labute approximate surface area is 104 Å². The molecule has 1 aromatic heterocycles. The largest absolute Gasteiger partial charge is 0.399 e. The maximum absolute atomic E-state index is 12.3. The van der Waals surface area contributed by atoms with Crippen molar-refractivity contribution in [3.8, 4) is 0 Å². The summed E-state index contributed by atoms with van der Waals surface area (Å²) in [6.07, 6.45) is 2.69. The number of rotatable bonds is 2. The fourth-order valence-electron chi connectivity index (χ4n) is 2.08. The first-order valence-corrected chi connectivity index (χ1v) is 6.87. The van der Waals surface area contributed by atoms with Crippen LogP contribution < -0.4 is 5.73 Å². The lowest BCUT2D eigenvalue weighted by Crippen LogP contribution is -2.25. The summed E-state index contributed by atoms with van der Waals surface area (Å²) >= 11 is 0. The van der Waals surface area contributed by atoms with Gasteiger partial charge in [-0.1, -0.05) is 6.07 Å². The molecule has 18 heavy (non-hydrogen) atoms. The third-order valence-electron chi connectivity index (χ3n) is 3.03. The van der Waals surface area contributed by atoms with Crippen molar-refractivity contribution in [2.75, 3.05) is 5.73 Å². The quantitative estimate of drug-likeness (QED) is 0.781. The van der Waals surface area contributed by atoms with Crippen molar-refractivity contribution in [3.05, 3.63) is 41.7 Å². The molecule has 0 amide bonds. The van der Waals surface area contributed by atoms with Crippen LogP contribution in [0.3, 0.4) is 0 Å². The van der Waals surface area contributed by atoms with Gasteiger partial charge in [0.2, 0.25) is 10.0 Å². The molecular weight excluding hydrogens is 252 g/mol. The molecule has 0 bridgehead atoms. The summed E-state index contributed by atoms with van der Waals surface area (Å²) in [6.45, 7) is 0.733. The third-order valence-corrected chi connectivity index (χ3v) is 4.79. The minimum Gasteiger partial charge on any atom is -0.399 e. The van der Waals surface area contributed by atoms with Crippen LogP contribution in [0.25, 0.3) is 0 Å². The number of nitrogens with two attached hydrogens (primary N) is 1. The molecule has 0 fully saturated rings. The van der Waals surface area contributed by atoms with E-state index in [2.05, 4.69) is 10.2 Å². The highest BCUT2D eigenvalue weighted by Crippen LogP contribution is 2.29. The summed E-state index contributed by atoms with van der Waals surface area (Å²) in [6, 6.07) is 5.47. The van der Waals surface area contributed by atoms with Gasteiger partial charge < -0.3 is 5.73 Å². The number of hydrogen-bond donors (Lipinski definition) is 2. The summed E-state index contributed by atoms with van der Waals surface area (Å²) in [7, 11) is -3.48. The number of nitrogens with one attached hydrogen (secondary N) is 1. The van der Waals surface area contributed by atoms with Gasteiger partial charge in [-0.3, -0.25) is 5.10 Å². The number of sulfonamides is 1.